The molecular formula is C22H25N3. The second-order valence-corrected chi connectivity index (χ2v) is 7.00. The Kier molecular flexibility index (Phi) is 4.55. The molecule has 1 aliphatic rings. The average Bonchev–Trinajstić information content (AvgIpc) is 2.99. The van der Waals surface area contributed by atoms with E-state index in [-0.39, 0.29) is 0 Å². The summed E-state index contributed by atoms with van der Waals surface area (Å²) in [5.74, 6) is 1.12. The summed E-state index contributed by atoms with van der Waals surface area (Å²) in [6.07, 6.45) is 13.0. The molecule has 0 amide bonds. The number of nitrogens with zero attached hydrogens (tertiary/aromatic N) is 2. The molecule has 1 saturated carbocycles. The molecule has 1 aromatic carbocycles. The van der Waals surface area contributed by atoms with Crippen LogP contribution >= 0.6 is 0 Å². The van der Waals surface area contributed by atoms with Crippen molar-refractivity contribution in [2.45, 2.75) is 45.1 Å². The second-order valence-electron chi connectivity index (χ2n) is 7.00. The van der Waals surface area contributed by atoms with E-state index in [1.165, 1.54) is 43.2 Å². The molecule has 2 heterocycles. The molecule has 0 atom stereocenters. The highest BCUT2D eigenvalue weighted by molar-refractivity contribution is 5.76. The fourth-order valence-electron chi connectivity index (χ4n) is 3.61. The smallest absolute Gasteiger partial charge is 0.139 e. The summed E-state index contributed by atoms with van der Waals surface area (Å²) in [4.78, 5) is 4.85. The highest BCUT2D eigenvalue weighted by atomic mass is 15.1. The summed E-state index contributed by atoms with van der Waals surface area (Å²) in [5, 5.41) is 3.79. The average molecular weight is 331 g/mol. The number of imidazole rings is 1. The Bertz CT molecular complexity index is 871. The van der Waals surface area contributed by atoms with Gasteiger partial charge in [-0.3, -0.25) is 4.40 Å². The summed E-state index contributed by atoms with van der Waals surface area (Å²) in [5.41, 5.74) is 4.45. The third-order valence-electron chi connectivity index (χ3n) is 4.97. The van der Waals surface area contributed by atoms with Crippen molar-refractivity contribution in [1.82, 2.24) is 9.38 Å². The minimum atomic E-state index is 0.554. The lowest BCUT2D eigenvalue weighted by Crippen LogP contribution is -2.23. The lowest BCUT2D eigenvalue weighted by molar-refractivity contribution is 0.461. The molecule has 3 aromatic rings. The zero-order chi connectivity index (χ0) is 17.1. The van der Waals surface area contributed by atoms with Gasteiger partial charge in [0.25, 0.3) is 0 Å². The third-order valence-corrected chi connectivity index (χ3v) is 4.97. The van der Waals surface area contributed by atoms with Crippen LogP contribution in [0.15, 0.2) is 48.7 Å². The molecule has 1 N–H and O–H groups in total. The maximum atomic E-state index is 4.85. The molecule has 4 rings (SSSR count). The number of aryl methyl sites for hydroxylation is 1. The number of nitrogens with one attached hydrogen (secondary N) is 1. The number of anilines is 1. The van der Waals surface area contributed by atoms with Crippen LogP contribution in [0.3, 0.4) is 0 Å². The number of aromatic nitrogens is 2. The molecule has 0 bridgehead atoms. The number of rotatable bonds is 4. The van der Waals surface area contributed by atoms with Crippen LogP contribution in [0, 0.1) is 6.92 Å². The lowest BCUT2D eigenvalue weighted by Gasteiger charge is -2.24. The van der Waals surface area contributed by atoms with Crippen molar-refractivity contribution in [2.75, 3.05) is 5.32 Å². The quantitative estimate of drug-likeness (QED) is 0.678. The fourth-order valence-corrected chi connectivity index (χ4v) is 3.61. The van der Waals surface area contributed by atoms with Gasteiger partial charge in [0, 0.05) is 12.2 Å². The first kappa shape index (κ1) is 15.9. The van der Waals surface area contributed by atoms with E-state index in [2.05, 4.69) is 71.4 Å². The minimum absolute atomic E-state index is 0.554. The number of benzene rings is 1. The van der Waals surface area contributed by atoms with E-state index in [0.717, 1.165) is 17.2 Å². The van der Waals surface area contributed by atoms with Crippen molar-refractivity contribution in [2.24, 2.45) is 0 Å². The van der Waals surface area contributed by atoms with Crippen molar-refractivity contribution < 1.29 is 0 Å². The maximum absolute atomic E-state index is 4.85. The van der Waals surface area contributed by atoms with E-state index in [1.54, 1.807) is 0 Å². The molecule has 1 aliphatic carbocycles. The van der Waals surface area contributed by atoms with E-state index >= 15 is 0 Å². The molecule has 3 heteroatoms. The molecule has 1 fully saturated rings. The van der Waals surface area contributed by atoms with Crippen LogP contribution in [0.2, 0.25) is 0 Å². The number of fused-ring (bicyclic) bond motifs is 1. The Hall–Kier alpha value is -2.55. The van der Waals surface area contributed by atoms with Crippen LogP contribution < -0.4 is 5.32 Å². The van der Waals surface area contributed by atoms with Gasteiger partial charge in [-0.2, -0.15) is 0 Å². The first-order valence-electron chi connectivity index (χ1n) is 9.28. The largest absolute Gasteiger partial charge is 0.367 e. The SMILES string of the molecule is Cc1ccc2nc(C=Cc3ccccc3)c(NC3CCCCC3)n2c1. The van der Waals surface area contributed by atoms with E-state index in [0.29, 0.717) is 6.04 Å². The Morgan fingerprint density at radius 1 is 1.00 bits per heavy atom. The van der Waals surface area contributed by atoms with Gasteiger partial charge in [-0.1, -0.05) is 61.7 Å². The van der Waals surface area contributed by atoms with Crippen LogP contribution in [0.1, 0.15) is 48.9 Å². The molecule has 25 heavy (non-hydrogen) atoms. The molecule has 2 aromatic heterocycles. The first-order valence-corrected chi connectivity index (χ1v) is 9.28. The zero-order valence-electron chi connectivity index (χ0n) is 14.8. The van der Waals surface area contributed by atoms with Crippen LogP contribution in [0.25, 0.3) is 17.8 Å². The van der Waals surface area contributed by atoms with E-state index in [9.17, 15) is 0 Å². The minimum Gasteiger partial charge on any atom is -0.367 e. The van der Waals surface area contributed by atoms with Gasteiger partial charge in [-0.25, -0.2) is 4.98 Å². The highest BCUT2D eigenvalue weighted by Gasteiger charge is 2.17. The van der Waals surface area contributed by atoms with Crippen LogP contribution in [0.4, 0.5) is 5.82 Å². The lowest BCUT2D eigenvalue weighted by atomic mass is 9.95. The predicted octanol–water partition coefficient (Wildman–Crippen LogP) is 5.56. The summed E-state index contributed by atoms with van der Waals surface area (Å²) in [6, 6.07) is 15.2. The van der Waals surface area contributed by atoms with Gasteiger partial charge in [-0.05, 0) is 43.0 Å². The summed E-state index contributed by atoms with van der Waals surface area (Å²) >= 11 is 0. The molecule has 128 valence electrons. The van der Waals surface area contributed by atoms with E-state index in [4.69, 9.17) is 4.98 Å². The molecule has 0 spiro atoms. The maximum Gasteiger partial charge on any atom is 0.139 e. The van der Waals surface area contributed by atoms with Gasteiger partial charge in [0.05, 0.1) is 0 Å². The van der Waals surface area contributed by atoms with Crippen molar-refractivity contribution in [1.29, 1.82) is 0 Å². The van der Waals surface area contributed by atoms with Gasteiger partial charge in [-0.15, -0.1) is 0 Å². The van der Waals surface area contributed by atoms with Crippen molar-refractivity contribution in [3.63, 3.8) is 0 Å². The Morgan fingerprint density at radius 2 is 1.80 bits per heavy atom. The normalized spacial score (nSPS) is 15.9. The van der Waals surface area contributed by atoms with Gasteiger partial charge >= 0.3 is 0 Å². The standard InChI is InChI=1S/C22H25N3/c1-17-12-15-21-24-20(14-13-18-8-4-2-5-9-18)22(25(21)16-17)23-19-10-6-3-7-11-19/h2,4-5,8-9,12-16,19,23H,3,6-7,10-11H2,1H3. The highest BCUT2D eigenvalue weighted by Crippen LogP contribution is 2.26. The Balaban J connectivity index is 1.71. The topological polar surface area (TPSA) is 29.3 Å². The summed E-state index contributed by atoms with van der Waals surface area (Å²) in [6.45, 7) is 2.13. The number of hydrogen-bond donors (Lipinski definition) is 1. The zero-order valence-corrected chi connectivity index (χ0v) is 14.8. The van der Waals surface area contributed by atoms with E-state index < -0.39 is 0 Å². The van der Waals surface area contributed by atoms with Gasteiger partial charge in [0.1, 0.15) is 17.2 Å². The molecule has 0 unspecified atom stereocenters. The number of pyridine rings is 1. The van der Waals surface area contributed by atoms with Crippen molar-refractivity contribution >= 4 is 23.6 Å². The Morgan fingerprint density at radius 3 is 2.60 bits per heavy atom. The van der Waals surface area contributed by atoms with Gasteiger partial charge < -0.3 is 5.32 Å². The Labute approximate surface area is 149 Å². The number of hydrogen-bond acceptors (Lipinski definition) is 2. The summed E-state index contributed by atoms with van der Waals surface area (Å²) in [7, 11) is 0. The van der Waals surface area contributed by atoms with E-state index in [1.807, 2.05) is 6.07 Å². The first-order chi connectivity index (χ1) is 12.3. The van der Waals surface area contributed by atoms with Crippen LogP contribution in [-0.2, 0) is 0 Å². The molecule has 0 saturated heterocycles. The monoisotopic (exact) mass is 331 g/mol. The second kappa shape index (κ2) is 7.14. The van der Waals surface area contributed by atoms with Crippen LogP contribution in [-0.4, -0.2) is 15.4 Å². The molecule has 3 nitrogen and oxygen atoms in total. The van der Waals surface area contributed by atoms with Crippen LogP contribution in [0.5, 0.6) is 0 Å². The predicted molar refractivity (Wildman–Crippen MR) is 106 cm³/mol. The third kappa shape index (κ3) is 3.60. The molecular weight excluding hydrogens is 306 g/mol. The van der Waals surface area contributed by atoms with Crippen molar-refractivity contribution in [3.05, 3.63) is 65.5 Å². The van der Waals surface area contributed by atoms with Gasteiger partial charge in [0.2, 0.25) is 0 Å². The molecule has 0 radical (unpaired) electrons. The van der Waals surface area contributed by atoms with Gasteiger partial charge in [0.15, 0.2) is 0 Å². The summed E-state index contributed by atoms with van der Waals surface area (Å²) < 4.78 is 2.20. The van der Waals surface area contributed by atoms with Crippen molar-refractivity contribution in [3.8, 4) is 0 Å². The molecule has 0 aliphatic heterocycles. The fraction of sp³-hybridized carbons (Fsp3) is 0.318.